The summed E-state index contributed by atoms with van der Waals surface area (Å²) in [6.07, 6.45) is 3.00. The Balaban J connectivity index is 1.52. The number of nitrogens with zero attached hydrogens (tertiary/aromatic N) is 6. The van der Waals surface area contributed by atoms with Gasteiger partial charge >= 0.3 is 0 Å². The smallest absolute Gasteiger partial charge is 0.265 e. The zero-order valence-electron chi connectivity index (χ0n) is 14.6. The van der Waals surface area contributed by atoms with Crippen molar-refractivity contribution in [2.45, 2.75) is 26.3 Å². The molecule has 4 aromatic rings. The molecule has 0 unspecified atom stereocenters. The highest BCUT2D eigenvalue weighted by atomic mass is 16.5. The van der Waals surface area contributed by atoms with Crippen molar-refractivity contribution in [3.63, 3.8) is 0 Å². The Hall–Kier alpha value is -3.29. The molecule has 0 aliphatic carbocycles. The molecule has 26 heavy (non-hydrogen) atoms. The highest BCUT2D eigenvalue weighted by molar-refractivity contribution is 5.76. The van der Waals surface area contributed by atoms with Crippen molar-refractivity contribution in [2.24, 2.45) is 7.05 Å². The number of benzene rings is 1. The molecule has 0 aliphatic heterocycles. The Morgan fingerprint density at radius 2 is 1.96 bits per heavy atom. The van der Waals surface area contributed by atoms with Crippen LogP contribution in [0.1, 0.15) is 23.0 Å². The predicted molar refractivity (Wildman–Crippen MR) is 94.8 cm³/mol. The van der Waals surface area contributed by atoms with Gasteiger partial charge in [-0.05, 0) is 18.9 Å². The second-order valence-corrected chi connectivity index (χ2v) is 6.18. The van der Waals surface area contributed by atoms with Crippen molar-refractivity contribution in [2.75, 3.05) is 0 Å². The van der Waals surface area contributed by atoms with E-state index in [0.29, 0.717) is 34.9 Å². The third-order valence-corrected chi connectivity index (χ3v) is 4.28. The first-order chi connectivity index (χ1) is 12.6. The minimum Gasteiger partial charge on any atom is -0.337 e. The van der Waals surface area contributed by atoms with Crippen LogP contribution in [0.15, 0.2) is 46.0 Å². The summed E-state index contributed by atoms with van der Waals surface area (Å²) in [5.74, 6) is 1.02. The fourth-order valence-corrected chi connectivity index (χ4v) is 2.98. The van der Waals surface area contributed by atoms with Crippen LogP contribution in [0.4, 0.5) is 0 Å². The Labute approximate surface area is 149 Å². The lowest BCUT2D eigenvalue weighted by molar-refractivity contribution is 0.364. The number of aryl methyl sites for hydroxylation is 4. The molecule has 4 rings (SSSR count). The van der Waals surface area contributed by atoms with Crippen LogP contribution in [-0.2, 0) is 26.4 Å². The van der Waals surface area contributed by atoms with E-state index in [1.54, 1.807) is 18.7 Å². The fourth-order valence-electron chi connectivity index (χ4n) is 2.98. The third kappa shape index (κ3) is 3.01. The number of fused-ring (bicyclic) bond motifs is 1. The maximum atomic E-state index is 12.7. The molecule has 0 radical (unpaired) electrons. The van der Waals surface area contributed by atoms with Gasteiger partial charge in [-0.1, -0.05) is 35.5 Å². The van der Waals surface area contributed by atoms with Gasteiger partial charge in [-0.25, -0.2) is 9.67 Å². The predicted octanol–water partition coefficient (Wildman–Crippen LogP) is 1.65. The summed E-state index contributed by atoms with van der Waals surface area (Å²) in [4.78, 5) is 21.4. The third-order valence-electron chi connectivity index (χ3n) is 4.28. The van der Waals surface area contributed by atoms with Crippen molar-refractivity contribution in [1.29, 1.82) is 0 Å². The van der Waals surface area contributed by atoms with Gasteiger partial charge in [-0.2, -0.15) is 10.1 Å². The zero-order valence-corrected chi connectivity index (χ0v) is 14.6. The van der Waals surface area contributed by atoms with Crippen molar-refractivity contribution >= 4 is 11.0 Å². The summed E-state index contributed by atoms with van der Waals surface area (Å²) in [5.41, 5.74) is 2.28. The van der Waals surface area contributed by atoms with Crippen molar-refractivity contribution in [1.82, 2.24) is 29.5 Å². The molecule has 0 N–H and O–H groups in total. The van der Waals surface area contributed by atoms with E-state index in [9.17, 15) is 4.79 Å². The molecule has 0 saturated carbocycles. The molecule has 1 aromatic carbocycles. The standard InChI is InChI=1S/C18H18N6O2/c1-12-16-17(23(2)21-12)19-11-24(18(16)25)10-15-20-14(22-26-15)9-8-13-6-4-3-5-7-13/h3-7,11H,8-10H2,1-2H3. The van der Waals surface area contributed by atoms with Gasteiger partial charge < -0.3 is 4.52 Å². The number of hydrogen-bond donors (Lipinski definition) is 0. The molecule has 8 heteroatoms. The molecule has 0 spiro atoms. The van der Waals surface area contributed by atoms with Crippen molar-refractivity contribution in [3.05, 3.63) is 70.0 Å². The average molecular weight is 350 g/mol. The van der Waals surface area contributed by atoms with Gasteiger partial charge in [0, 0.05) is 13.5 Å². The van der Waals surface area contributed by atoms with Crippen LogP contribution in [0.2, 0.25) is 0 Å². The Bertz CT molecular complexity index is 1110. The van der Waals surface area contributed by atoms with Crippen LogP contribution >= 0.6 is 0 Å². The van der Waals surface area contributed by atoms with Gasteiger partial charge in [-0.3, -0.25) is 9.36 Å². The van der Waals surface area contributed by atoms with E-state index in [1.165, 1.54) is 16.5 Å². The maximum absolute atomic E-state index is 12.7. The van der Waals surface area contributed by atoms with Crippen molar-refractivity contribution in [3.8, 4) is 0 Å². The second-order valence-electron chi connectivity index (χ2n) is 6.18. The van der Waals surface area contributed by atoms with E-state index in [-0.39, 0.29) is 12.1 Å². The molecule has 0 saturated heterocycles. The number of rotatable bonds is 5. The van der Waals surface area contributed by atoms with Gasteiger partial charge in [0.05, 0.1) is 5.69 Å². The van der Waals surface area contributed by atoms with Crippen LogP contribution in [0.5, 0.6) is 0 Å². The maximum Gasteiger partial charge on any atom is 0.265 e. The molecule has 0 bridgehead atoms. The van der Waals surface area contributed by atoms with Crippen LogP contribution in [0.25, 0.3) is 11.0 Å². The molecule has 8 nitrogen and oxygen atoms in total. The first-order valence-electron chi connectivity index (χ1n) is 8.36. The molecular formula is C18H18N6O2. The fraction of sp³-hybridized carbons (Fsp3) is 0.278. The van der Waals surface area contributed by atoms with Crippen molar-refractivity contribution < 1.29 is 4.52 Å². The molecular weight excluding hydrogens is 332 g/mol. The van der Waals surface area contributed by atoms with Crippen LogP contribution in [0.3, 0.4) is 0 Å². The summed E-state index contributed by atoms with van der Waals surface area (Å²) in [6.45, 7) is 1.98. The van der Waals surface area contributed by atoms with E-state index >= 15 is 0 Å². The Morgan fingerprint density at radius 1 is 1.15 bits per heavy atom. The molecule has 0 amide bonds. The Kier molecular flexibility index (Phi) is 4.08. The molecule has 0 fully saturated rings. The number of hydrogen-bond acceptors (Lipinski definition) is 6. The summed E-state index contributed by atoms with van der Waals surface area (Å²) in [6, 6.07) is 10.1. The Morgan fingerprint density at radius 3 is 2.77 bits per heavy atom. The monoisotopic (exact) mass is 350 g/mol. The average Bonchev–Trinajstić information content (AvgIpc) is 3.21. The minimum absolute atomic E-state index is 0.162. The quantitative estimate of drug-likeness (QED) is 0.543. The van der Waals surface area contributed by atoms with Gasteiger partial charge in [0.2, 0.25) is 5.89 Å². The summed E-state index contributed by atoms with van der Waals surface area (Å²) in [5, 5.41) is 8.76. The molecule has 132 valence electrons. The van der Waals surface area contributed by atoms with Crippen LogP contribution in [0, 0.1) is 6.92 Å². The highest BCUT2D eigenvalue weighted by Gasteiger charge is 2.14. The zero-order chi connectivity index (χ0) is 18.1. The van der Waals surface area contributed by atoms with E-state index in [4.69, 9.17) is 4.52 Å². The first-order valence-corrected chi connectivity index (χ1v) is 8.36. The minimum atomic E-state index is -0.162. The van der Waals surface area contributed by atoms with E-state index in [0.717, 1.165) is 6.42 Å². The van der Waals surface area contributed by atoms with E-state index in [1.807, 2.05) is 18.2 Å². The second kappa shape index (κ2) is 6.55. The lowest BCUT2D eigenvalue weighted by Crippen LogP contribution is -2.21. The summed E-state index contributed by atoms with van der Waals surface area (Å²) in [7, 11) is 1.77. The van der Waals surface area contributed by atoms with Gasteiger partial charge in [-0.15, -0.1) is 0 Å². The normalized spacial score (nSPS) is 11.3. The molecule has 0 aliphatic rings. The van der Waals surface area contributed by atoms with Gasteiger partial charge in [0.1, 0.15) is 18.3 Å². The summed E-state index contributed by atoms with van der Waals surface area (Å²) < 4.78 is 8.36. The van der Waals surface area contributed by atoms with Gasteiger partial charge in [0.25, 0.3) is 5.56 Å². The van der Waals surface area contributed by atoms with Crippen LogP contribution < -0.4 is 5.56 Å². The lowest BCUT2D eigenvalue weighted by Gasteiger charge is -2.01. The lowest BCUT2D eigenvalue weighted by atomic mass is 10.1. The van der Waals surface area contributed by atoms with E-state index < -0.39 is 0 Å². The number of aromatic nitrogens is 6. The largest absolute Gasteiger partial charge is 0.337 e. The SMILES string of the molecule is Cc1nn(C)c2ncn(Cc3nc(CCc4ccccc4)no3)c(=O)c12. The topological polar surface area (TPSA) is 91.6 Å². The summed E-state index contributed by atoms with van der Waals surface area (Å²) >= 11 is 0. The van der Waals surface area contributed by atoms with Gasteiger partial charge in [0.15, 0.2) is 11.5 Å². The van der Waals surface area contributed by atoms with E-state index in [2.05, 4.69) is 32.4 Å². The first kappa shape index (κ1) is 16.2. The molecule has 3 aromatic heterocycles. The highest BCUT2D eigenvalue weighted by Crippen LogP contribution is 2.10. The van der Waals surface area contributed by atoms with Crippen LogP contribution in [-0.4, -0.2) is 29.5 Å². The molecule has 3 heterocycles. The molecule has 0 atom stereocenters.